The second-order valence-electron chi connectivity index (χ2n) is 13.8. The van der Waals surface area contributed by atoms with Gasteiger partial charge in [0.1, 0.15) is 8.07 Å². The molecule has 1 aliphatic heterocycles. The highest BCUT2D eigenvalue weighted by Crippen LogP contribution is 2.37. The number of aromatic nitrogens is 2. The van der Waals surface area contributed by atoms with Gasteiger partial charge in [0.25, 0.3) is 0 Å². The summed E-state index contributed by atoms with van der Waals surface area (Å²) in [4.78, 5) is 10.7. The Morgan fingerprint density at radius 3 is 1.14 bits per heavy atom. The summed E-state index contributed by atoms with van der Waals surface area (Å²) >= 11 is 0. The molecule has 2 nitrogen and oxygen atoms in total. The fourth-order valence-electron chi connectivity index (χ4n) is 7.48. The van der Waals surface area contributed by atoms with Crippen molar-refractivity contribution in [3.63, 3.8) is 0 Å². The van der Waals surface area contributed by atoms with Crippen molar-refractivity contribution in [1.82, 2.24) is 9.97 Å². The first kappa shape index (κ1) is 30.9. The van der Waals surface area contributed by atoms with Crippen molar-refractivity contribution in [3.8, 4) is 78.3 Å². The lowest BCUT2D eigenvalue weighted by molar-refractivity contribution is 1.21. The van der Waals surface area contributed by atoms with Gasteiger partial charge in [-0.05, 0) is 55.3 Å². The van der Waals surface area contributed by atoms with Crippen LogP contribution in [0.4, 0.5) is 0 Å². The van der Waals surface area contributed by atoms with Gasteiger partial charge < -0.3 is 0 Å². The third-order valence-corrected chi connectivity index (χ3v) is 13.7. The fourth-order valence-corrected chi connectivity index (χ4v) is 10.4. The average Bonchev–Trinajstić information content (AvgIpc) is 3.44. The van der Waals surface area contributed by atoms with Gasteiger partial charge >= 0.3 is 0 Å². The fraction of sp³-hybridized carbons (Fsp3) is 0.0417. The summed E-state index contributed by atoms with van der Waals surface area (Å²) in [5.41, 5.74) is 15.3. The van der Waals surface area contributed by atoms with Gasteiger partial charge in [-0.15, -0.1) is 0 Å². The lowest BCUT2D eigenvalue weighted by Gasteiger charge is -2.19. The van der Waals surface area contributed by atoms with Gasteiger partial charge in [-0.3, -0.25) is 0 Å². The van der Waals surface area contributed by atoms with Crippen LogP contribution in [-0.2, 0) is 0 Å². The number of fused-ring (bicyclic) bond motifs is 3. The third kappa shape index (κ3) is 5.62. The molecule has 2 heterocycles. The molecule has 1 aromatic heterocycles. The molecule has 242 valence electrons. The normalized spacial score (nSPS) is 12.7. The van der Waals surface area contributed by atoms with Crippen LogP contribution in [0.1, 0.15) is 0 Å². The average molecular weight is 669 g/mol. The summed E-state index contributed by atoms with van der Waals surface area (Å²) in [6, 6.07) is 65.2. The van der Waals surface area contributed by atoms with Gasteiger partial charge in [0, 0.05) is 22.0 Å². The van der Waals surface area contributed by atoms with Crippen molar-refractivity contribution in [2.24, 2.45) is 0 Å². The molecule has 0 saturated heterocycles. The van der Waals surface area contributed by atoms with Crippen molar-refractivity contribution in [1.29, 1.82) is 0 Å². The standard InChI is InChI=1S/C48H36N2Si/c1-51(2)44-16-10-9-15-43(44)45-46(41-29-25-39(26-30-41)37-21-17-35(18-22-37)33-11-5-3-6-12-33)49-47(50-48(45)51)42-31-27-40(28-32-42)38-23-19-36(20-24-38)34-13-7-4-8-14-34/h3-32H,1-2H3. The molecule has 8 aromatic rings. The summed E-state index contributed by atoms with van der Waals surface area (Å²) in [5, 5.41) is 2.64. The van der Waals surface area contributed by atoms with Crippen LogP contribution < -0.4 is 10.5 Å². The molecular weight excluding hydrogens is 633 g/mol. The van der Waals surface area contributed by atoms with Gasteiger partial charge in [-0.25, -0.2) is 9.97 Å². The van der Waals surface area contributed by atoms with E-state index in [0.29, 0.717) is 0 Å². The van der Waals surface area contributed by atoms with Gasteiger partial charge in [0.05, 0.1) is 5.69 Å². The number of benzene rings is 7. The van der Waals surface area contributed by atoms with E-state index in [0.717, 1.165) is 22.6 Å². The molecular formula is C48H36N2Si. The molecule has 9 rings (SSSR count). The Kier molecular flexibility index (Phi) is 7.64. The Hall–Kier alpha value is -6.16. The van der Waals surface area contributed by atoms with E-state index in [4.69, 9.17) is 9.97 Å². The first-order valence-electron chi connectivity index (χ1n) is 17.6. The summed E-state index contributed by atoms with van der Waals surface area (Å²) in [6.07, 6.45) is 0. The molecule has 0 saturated carbocycles. The van der Waals surface area contributed by atoms with Crippen molar-refractivity contribution in [2.45, 2.75) is 13.1 Å². The highest BCUT2D eigenvalue weighted by atomic mass is 28.3. The molecule has 0 N–H and O–H groups in total. The molecule has 0 radical (unpaired) electrons. The third-order valence-electron chi connectivity index (χ3n) is 10.3. The molecule has 0 fully saturated rings. The predicted molar refractivity (Wildman–Crippen MR) is 217 cm³/mol. The van der Waals surface area contributed by atoms with E-state index in [-0.39, 0.29) is 0 Å². The molecule has 0 aliphatic carbocycles. The molecule has 0 atom stereocenters. The Labute approximate surface area is 300 Å². The first-order chi connectivity index (χ1) is 25.0. The van der Waals surface area contributed by atoms with Gasteiger partial charge in [-0.2, -0.15) is 0 Å². The quantitative estimate of drug-likeness (QED) is 0.165. The lowest BCUT2D eigenvalue weighted by Crippen LogP contribution is -2.50. The maximum absolute atomic E-state index is 5.37. The van der Waals surface area contributed by atoms with Gasteiger partial charge in [-0.1, -0.05) is 195 Å². The zero-order valence-corrected chi connectivity index (χ0v) is 29.7. The highest BCUT2D eigenvalue weighted by molar-refractivity contribution is 7.03. The number of rotatable bonds is 6. The Morgan fingerprint density at radius 2 is 0.686 bits per heavy atom. The van der Waals surface area contributed by atoms with Crippen LogP contribution in [0.5, 0.6) is 0 Å². The van der Waals surface area contributed by atoms with E-state index in [1.807, 2.05) is 0 Å². The smallest absolute Gasteiger partial charge is 0.159 e. The van der Waals surface area contributed by atoms with Crippen molar-refractivity contribution >= 4 is 18.6 Å². The topological polar surface area (TPSA) is 25.8 Å². The molecule has 0 spiro atoms. The second-order valence-corrected chi connectivity index (χ2v) is 18.1. The van der Waals surface area contributed by atoms with Crippen molar-refractivity contribution in [2.75, 3.05) is 0 Å². The minimum absolute atomic E-state index is 0.781. The number of nitrogens with zero attached hydrogens (tertiary/aromatic N) is 2. The second kappa shape index (κ2) is 12.6. The predicted octanol–water partition coefficient (Wildman–Crippen LogP) is 11.3. The molecule has 0 bridgehead atoms. The van der Waals surface area contributed by atoms with Crippen LogP contribution in [0.25, 0.3) is 78.3 Å². The monoisotopic (exact) mass is 668 g/mol. The Morgan fingerprint density at radius 1 is 0.333 bits per heavy atom. The first-order valence-corrected chi connectivity index (χ1v) is 20.6. The van der Waals surface area contributed by atoms with E-state index in [9.17, 15) is 0 Å². The van der Waals surface area contributed by atoms with E-state index in [2.05, 4.69) is 195 Å². The Balaban J connectivity index is 1.08. The SMILES string of the molecule is C[Si]1(C)c2ccccc2-c2c(-c3ccc(-c4ccc(-c5ccccc5)cc4)cc3)nc(-c3ccc(-c4ccc(-c5ccccc5)cc4)cc3)nc21. The van der Waals surface area contributed by atoms with Crippen LogP contribution >= 0.6 is 0 Å². The molecule has 7 aromatic carbocycles. The van der Waals surface area contributed by atoms with Crippen molar-refractivity contribution in [3.05, 3.63) is 182 Å². The van der Waals surface area contributed by atoms with Gasteiger partial charge in [0.2, 0.25) is 0 Å². The molecule has 51 heavy (non-hydrogen) atoms. The zero-order chi connectivity index (χ0) is 34.4. The largest absolute Gasteiger partial charge is 0.237 e. The minimum Gasteiger partial charge on any atom is -0.237 e. The maximum Gasteiger partial charge on any atom is 0.159 e. The van der Waals surface area contributed by atoms with Crippen LogP contribution in [0.3, 0.4) is 0 Å². The number of hydrogen-bond donors (Lipinski definition) is 0. The van der Waals surface area contributed by atoms with E-state index in [1.165, 1.54) is 66.1 Å². The number of hydrogen-bond acceptors (Lipinski definition) is 2. The minimum atomic E-state index is -2.06. The summed E-state index contributed by atoms with van der Waals surface area (Å²) < 4.78 is 0. The van der Waals surface area contributed by atoms with Crippen molar-refractivity contribution < 1.29 is 0 Å². The molecule has 0 unspecified atom stereocenters. The van der Waals surface area contributed by atoms with Crippen LogP contribution in [0.15, 0.2) is 182 Å². The van der Waals surface area contributed by atoms with Crippen LogP contribution in [0, 0.1) is 0 Å². The van der Waals surface area contributed by atoms with Crippen LogP contribution in [-0.4, -0.2) is 18.0 Å². The van der Waals surface area contributed by atoms with E-state index >= 15 is 0 Å². The Bertz CT molecular complexity index is 2490. The molecule has 0 amide bonds. The molecule has 1 aliphatic rings. The lowest BCUT2D eigenvalue weighted by atomic mass is 9.97. The zero-order valence-electron chi connectivity index (χ0n) is 28.7. The van der Waals surface area contributed by atoms with Gasteiger partial charge in [0.15, 0.2) is 5.82 Å². The molecule has 3 heteroatoms. The van der Waals surface area contributed by atoms with E-state index < -0.39 is 8.07 Å². The summed E-state index contributed by atoms with van der Waals surface area (Å²) in [6.45, 7) is 4.84. The van der Waals surface area contributed by atoms with E-state index in [1.54, 1.807) is 0 Å². The summed E-state index contributed by atoms with van der Waals surface area (Å²) in [5.74, 6) is 0.781. The van der Waals surface area contributed by atoms with Crippen LogP contribution in [0.2, 0.25) is 13.1 Å². The highest BCUT2D eigenvalue weighted by Gasteiger charge is 2.41. The maximum atomic E-state index is 5.37. The summed E-state index contributed by atoms with van der Waals surface area (Å²) in [7, 11) is -2.06.